The fourth-order valence-electron chi connectivity index (χ4n) is 1.54. The standard InChI is InChI=1S/C14H23NO2S/c1-11(2)17-14-7-5-6-13(8-14)10-15-9-12(3)18(4)16/h5-8,11-12,15H,9-10H2,1-4H3. The predicted molar refractivity (Wildman–Crippen MR) is 77.4 cm³/mol. The van der Waals surface area contributed by atoms with Crippen LogP contribution in [0.1, 0.15) is 26.3 Å². The molecule has 0 aliphatic carbocycles. The molecule has 0 saturated carbocycles. The minimum Gasteiger partial charge on any atom is -0.491 e. The molecule has 1 aromatic rings. The van der Waals surface area contributed by atoms with E-state index in [0.717, 1.165) is 18.8 Å². The van der Waals surface area contributed by atoms with Crippen molar-refractivity contribution >= 4 is 10.8 Å². The van der Waals surface area contributed by atoms with Gasteiger partial charge >= 0.3 is 0 Å². The van der Waals surface area contributed by atoms with Crippen molar-refractivity contribution in [1.29, 1.82) is 0 Å². The maximum Gasteiger partial charge on any atom is 0.120 e. The molecule has 0 amide bonds. The number of rotatable bonds is 7. The van der Waals surface area contributed by atoms with Crippen molar-refractivity contribution in [3.05, 3.63) is 29.8 Å². The summed E-state index contributed by atoms with van der Waals surface area (Å²) >= 11 is 0. The average Bonchev–Trinajstić information content (AvgIpc) is 2.28. The molecule has 2 unspecified atom stereocenters. The van der Waals surface area contributed by atoms with Crippen LogP contribution in [0.25, 0.3) is 0 Å². The molecule has 0 bridgehead atoms. The molecule has 102 valence electrons. The summed E-state index contributed by atoms with van der Waals surface area (Å²) in [4.78, 5) is 0. The van der Waals surface area contributed by atoms with E-state index in [2.05, 4.69) is 11.4 Å². The molecule has 1 N–H and O–H groups in total. The zero-order chi connectivity index (χ0) is 13.5. The summed E-state index contributed by atoms with van der Waals surface area (Å²) in [5.41, 5.74) is 1.18. The third-order valence-corrected chi connectivity index (χ3v) is 3.90. The molecule has 1 rings (SSSR count). The number of hydrogen-bond acceptors (Lipinski definition) is 3. The third kappa shape index (κ3) is 5.65. The molecule has 0 radical (unpaired) electrons. The van der Waals surface area contributed by atoms with E-state index < -0.39 is 10.8 Å². The van der Waals surface area contributed by atoms with Gasteiger partial charge in [0.2, 0.25) is 0 Å². The Labute approximate surface area is 112 Å². The lowest BCUT2D eigenvalue weighted by Crippen LogP contribution is -2.27. The molecule has 0 heterocycles. The molecule has 3 nitrogen and oxygen atoms in total. The van der Waals surface area contributed by atoms with Crippen LogP contribution in [-0.2, 0) is 17.3 Å². The van der Waals surface area contributed by atoms with Crippen LogP contribution in [0, 0.1) is 0 Å². The first kappa shape index (κ1) is 15.2. The second-order valence-electron chi connectivity index (χ2n) is 4.75. The van der Waals surface area contributed by atoms with Crippen molar-refractivity contribution < 1.29 is 8.95 Å². The summed E-state index contributed by atoms with van der Waals surface area (Å²) in [5, 5.41) is 3.50. The Morgan fingerprint density at radius 3 is 2.67 bits per heavy atom. The Hall–Kier alpha value is -0.870. The number of nitrogens with one attached hydrogen (secondary N) is 1. The quantitative estimate of drug-likeness (QED) is 0.825. The van der Waals surface area contributed by atoms with E-state index in [1.165, 1.54) is 5.56 Å². The Morgan fingerprint density at radius 1 is 1.33 bits per heavy atom. The first-order valence-electron chi connectivity index (χ1n) is 6.27. The molecule has 0 aliphatic rings. The molecule has 0 saturated heterocycles. The molecule has 0 fully saturated rings. The Balaban J connectivity index is 2.45. The molecule has 18 heavy (non-hydrogen) atoms. The van der Waals surface area contributed by atoms with Crippen LogP contribution in [0.2, 0.25) is 0 Å². The van der Waals surface area contributed by atoms with Crippen LogP contribution >= 0.6 is 0 Å². The van der Waals surface area contributed by atoms with Gasteiger partial charge in [0, 0.05) is 35.4 Å². The van der Waals surface area contributed by atoms with Crippen LogP contribution in [0.3, 0.4) is 0 Å². The highest BCUT2D eigenvalue weighted by Gasteiger charge is 2.05. The smallest absolute Gasteiger partial charge is 0.120 e. The summed E-state index contributed by atoms with van der Waals surface area (Å²) in [6.45, 7) is 7.56. The average molecular weight is 269 g/mol. The SMILES string of the molecule is CC(C)Oc1cccc(CNCC(C)S(C)=O)c1. The van der Waals surface area contributed by atoms with E-state index in [1.54, 1.807) is 6.26 Å². The lowest BCUT2D eigenvalue weighted by Gasteiger charge is -2.12. The van der Waals surface area contributed by atoms with Crippen LogP contribution in [-0.4, -0.2) is 28.4 Å². The minimum atomic E-state index is -0.768. The lowest BCUT2D eigenvalue weighted by molar-refractivity contribution is 0.242. The van der Waals surface area contributed by atoms with Gasteiger partial charge < -0.3 is 10.1 Å². The van der Waals surface area contributed by atoms with Crippen molar-refractivity contribution in [1.82, 2.24) is 5.32 Å². The van der Waals surface area contributed by atoms with Gasteiger partial charge in [-0.25, -0.2) is 0 Å². The summed E-state index contributed by atoms with van der Waals surface area (Å²) in [5.74, 6) is 0.899. The molecular weight excluding hydrogens is 246 g/mol. The number of ether oxygens (including phenoxy) is 1. The fraction of sp³-hybridized carbons (Fsp3) is 0.571. The second kappa shape index (κ2) is 7.54. The zero-order valence-electron chi connectivity index (χ0n) is 11.6. The molecular formula is C14H23NO2S. The van der Waals surface area contributed by atoms with Gasteiger partial charge in [-0.3, -0.25) is 4.21 Å². The van der Waals surface area contributed by atoms with Crippen molar-refractivity contribution in [2.75, 3.05) is 12.8 Å². The monoisotopic (exact) mass is 269 g/mol. The van der Waals surface area contributed by atoms with E-state index in [-0.39, 0.29) is 11.4 Å². The van der Waals surface area contributed by atoms with Crippen molar-refractivity contribution in [2.24, 2.45) is 0 Å². The molecule has 0 spiro atoms. The predicted octanol–water partition coefficient (Wildman–Crippen LogP) is 2.33. The number of hydrogen-bond donors (Lipinski definition) is 1. The Morgan fingerprint density at radius 2 is 2.06 bits per heavy atom. The van der Waals surface area contributed by atoms with E-state index in [1.807, 2.05) is 39.0 Å². The maximum absolute atomic E-state index is 11.2. The van der Waals surface area contributed by atoms with Gasteiger partial charge in [-0.2, -0.15) is 0 Å². The van der Waals surface area contributed by atoms with E-state index in [9.17, 15) is 4.21 Å². The van der Waals surface area contributed by atoms with E-state index in [4.69, 9.17) is 4.74 Å². The first-order chi connectivity index (χ1) is 8.49. The number of benzene rings is 1. The first-order valence-corrected chi connectivity index (χ1v) is 7.89. The highest BCUT2D eigenvalue weighted by Crippen LogP contribution is 2.14. The van der Waals surface area contributed by atoms with Crippen molar-refractivity contribution in [3.8, 4) is 5.75 Å². The lowest BCUT2D eigenvalue weighted by atomic mass is 10.2. The Bertz CT molecular complexity index is 393. The molecule has 1 aromatic carbocycles. The van der Waals surface area contributed by atoms with Crippen LogP contribution in [0.15, 0.2) is 24.3 Å². The van der Waals surface area contributed by atoms with Gasteiger partial charge in [0.15, 0.2) is 0 Å². The van der Waals surface area contributed by atoms with Gasteiger partial charge in [0.05, 0.1) is 6.10 Å². The van der Waals surface area contributed by atoms with Crippen LogP contribution in [0.5, 0.6) is 5.75 Å². The molecule has 4 heteroatoms. The second-order valence-corrected chi connectivity index (χ2v) is 6.56. The maximum atomic E-state index is 11.2. The van der Waals surface area contributed by atoms with Gasteiger partial charge in [-0.15, -0.1) is 0 Å². The van der Waals surface area contributed by atoms with Gasteiger partial charge in [0.1, 0.15) is 5.75 Å². The van der Waals surface area contributed by atoms with Crippen LogP contribution < -0.4 is 10.1 Å². The zero-order valence-corrected chi connectivity index (χ0v) is 12.4. The summed E-state index contributed by atoms with van der Waals surface area (Å²) in [6, 6.07) is 8.07. The largest absolute Gasteiger partial charge is 0.491 e. The van der Waals surface area contributed by atoms with Crippen LogP contribution in [0.4, 0.5) is 0 Å². The van der Waals surface area contributed by atoms with Gasteiger partial charge in [0.25, 0.3) is 0 Å². The van der Waals surface area contributed by atoms with Crippen molar-refractivity contribution in [3.63, 3.8) is 0 Å². The fourth-order valence-corrected chi connectivity index (χ4v) is 1.89. The van der Waals surface area contributed by atoms with Gasteiger partial charge in [-0.05, 0) is 38.5 Å². The molecule has 0 aromatic heterocycles. The van der Waals surface area contributed by atoms with Gasteiger partial charge in [-0.1, -0.05) is 12.1 Å². The molecule has 0 aliphatic heterocycles. The minimum absolute atomic E-state index is 0.181. The van der Waals surface area contributed by atoms with E-state index in [0.29, 0.717) is 0 Å². The highest BCUT2D eigenvalue weighted by atomic mass is 32.2. The highest BCUT2D eigenvalue weighted by molar-refractivity contribution is 7.84. The molecule has 2 atom stereocenters. The summed E-state index contributed by atoms with van der Waals surface area (Å²) in [6.07, 6.45) is 1.93. The Kier molecular flexibility index (Phi) is 6.36. The van der Waals surface area contributed by atoms with Crippen molar-refractivity contribution in [2.45, 2.75) is 38.7 Å². The summed E-state index contributed by atoms with van der Waals surface area (Å²) < 4.78 is 16.9. The third-order valence-electron chi connectivity index (χ3n) is 2.60. The topological polar surface area (TPSA) is 38.3 Å². The normalized spacial score (nSPS) is 14.5. The van der Waals surface area contributed by atoms with E-state index >= 15 is 0 Å². The summed E-state index contributed by atoms with van der Waals surface area (Å²) in [7, 11) is -0.768.